The number of ketones is 1. The van der Waals surface area contributed by atoms with Crippen LogP contribution in [0, 0.1) is 0 Å². The molecule has 0 aliphatic rings. The average Bonchev–Trinajstić information content (AvgIpc) is 2.54. The molecule has 0 bridgehead atoms. The maximum absolute atomic E-state index is 11.0. The minimum atomic E-state index is -0.232. The van der Waals surface area contributed by atoms with Gasteiger partial charge in [0.1, 0.15) is 0 Å². The van der Waals surface area contributed by atoms with Gasteiger partial charge in [0.2, 0.25) is 0 Å². The summed E-state index contributed by atoms with van der Waals surface area (Å²) in [5.41, 5.74) is 2.85. The number of pyridine rings is 1. The highest BCUT2D eigenvalue weighted by molar-refractivity contribution is 5.87. The molecule has 1 heterocycles. The lowest BCUT2D eigenvalue weighted by Crippen LogP contribution is -2.16. The second-order valence-corrected chi connectivity index (χ2v) is 5.39. The van der Waals surface area contributed by atoms with Gasteiger partial charge in [0.25, 0.3) is 0 Å². The first kappa shape index (κ1) is 16.9. The maximum Gasteiger partial charge on any atom is 0.155 e. The van der Waals surface area contributed by atoms with Gasteiger partial charge in [-0.1, -0.05) is 36.4 Å². The number of ether oxygens (including phenoxy) is 1. The summed E-state index contributed by atoms with van der Waals surface area (Å²) in [6, 6.07) is 15.8. The smallest absolute Gasteiger partial charge is 0.155 e. The first-order valence-corrected chi connectivity index (χ1v) is 7.52. The lowest BCUT2D eigenvalue weighted by molar-refractivity contribution is -0.112. The number of carbonyl (C=O) groups is 1. The third-order valence-corrected chi connectivity index (χ3v) is 3.45. The average molecular weight is 311 g/mol. The molecule has 0 saturated heterocycles. The topological polar surface area (TPSA) is 59.4 Å². The van der Waals surface area contributed by atoms with E-state index in [1.807, 2.05) is 48.5 Å². The molecule has 1 N–H and O–H groups in total. The summed E-state index contributed by atoms with van der Waals surface area (Å²) in [5, 5.41) is 9.77. The van der Waals surface area contributed by atoms with Gasteiger partial charge in [-0.05, 0) is 19.1 Å². The van der Waals surface area contributed by atoms with Gasteiger partial charge in [-0.15, -0.1) is 0 Å². The van der Waals surface area contributed by atoms with E-state index in [2.05, 4.69) is 4.98 Å². The quantitative estimate of drug-likeness (QED) is 0.625. The van der Waals surface area contributed by atoms with Crippen LogP contribution in [0.25, 0.3) is 11.3 Å². The number of aliphatic hydroxyl groups is 1. The Hall–Kier alpha value is -2.46. The molecule has 0 saturated carbocycles. The fourth-order valence-corrected chi connectivity index (χ4v) is 2.36. The zero-order valence-corrected chi connectivity index (χ0v) is 13.4. The summed E-state index contributed by atoms with van der Waals surface area (Å²) in [6.07, 6.45) is 1.84. The molecular formula is C19H21NO3. The Morgan fingerprint density at radius 1 is 1.22 bits per heavy atom. The molecular weight excluding hydrogens is 290 g/mol. The van der Waals surface area contributed by atoms with Crippen LogP contribution in [0.1, 0.15) is 19.0 Å². The van der Waals surface area contributed by atoms with Crippen molar-refractivity contribution in [3.63, 3.8) is 0 Å². The van der Waals surface area contributed by atoms with Gasteiger partial charge in [-0.2, -0.15) is 0 Å². The number of rotatable bonds is 7. The van der Waals surface area contributed by atoms with Crippen molar-refractivity contribution < 1.29 is 14.6 Å². The summed E-state index contributed by atoms with van der Waals surface area (Å²) in [6.45, 7) is 1.41. The predicted octanol–water partition coefficient (Wildman–Crippen LogP) is 3.73. The van der Waals surface area contributed by atoms with Crippen LogP contribution >= 0.6 is 0 Å². The Morgan fingerprint density at radius 2 is 1.96 bits per heavy atom. The van der Waals surface area contributed by atoms with Crippen molar-refractivity contribution in [1.82, 2.24) is 4.98 Å². The molecule has 1 aromatic carbocycles. The number of allylic oxidation sites excluding steroid dienone is 1. The van der Waals surface area contributed by atoms with Gasteiger partial charge >= 0.3 is 0 Å². The highest BCUT2D eigenvalue weighted by Crippen LogP contribution is 2.18. The fraction of sp³-hybridized carbons (Fsp3) is 0.263. The molecule has 1 atom stereocenters. The van der Waals surface area contributed by atoms with E-state index < -0.39 is 0 Å². The van der Waals surface area contributed by atoms with Crippen LogP contribution in [-0.4, -0.2) is 29.1 Å². The Kier molecular flexibility index (Phi) is 6.06. The molecule has 4 nitrogen and oxygen atoms in total. The summed E-state index contributed by atoms with van der Waals surface area (Å²) < 4.78 is 5.40. The molecule has 2 aromatic rings. The number of aliphatic hydroxyl groups excluding tert-OH is 1. The number of methoxy groups -OCH3 is 1. The maximum atomic E-state index is 11.0. The fourth-order valence-electron chi connectivity index (χ4n) is 2.36. The molecule has 4 heteroatoms. The van der Waals surface area contributed by atoms with Crippen LogP contribution < -0.4 is 0 Å². The molecule has 0 aliphatic heterocycles. The number of hydrogen-bond donors (Lipinski definition) is 1. The predicted molar refractivity (Wildman–Crippen MR) is 90.2 cm³/mol. The SMILES string of the molecule is COC(CC(O)=CC(C)=O)Cc1cccc(-c2ccccc2)n1. The van der Waals surface area contributed by atoms with Crippen molar-refractivity contribution in [2.24, 2.45) is 0 Å². The largest absolute Gasteiger partial charge is 0.512 e. The number of hydrogen-bond acceptors (Lipinski definition) is 4. The van der Waals surface area contributed by atoms with E-state index in [1.165, 1.54) is 13.0 Å². The number of aromatic nitrogens is 1. The van der Waals surface area contributed by atoms with E-state index in [-0.39, 0.29) is 24.1 Å². The van der Waals surface area contributed by atoms with E-state index >= 15 is 0 Å². The van der Waals surface area contributed by atoms with Crippen LogP contribution in [0.2, 0.25) is 0 Å². The molecule has 0 aliphatic carbocycles. The first-order valence-electron chi connectivity index (χ1n) is 7.52. The Balaban J connectivity index is 2.11. The van der Waals surface area contributed by atoms with Crippen LogP contribution in [-0.2, 0) is 16.0 Å². The van der Waals surface area contributed by atoms with E-state index in [0.29, 0.717) is 6.42 Å². The lowest BCUT2D eigenvalue weighted by Gasteiger charge is -2.15. The van der Waals surface area contributed by atoms with Crippen LogP contribution in [0.4, 0.5) is 0 Å². The van der Waals surface area contributed by atoms with Crippen LogP contribution in [0.15, 0.2) is 60.4 Å². The number of benzene rings is 1. The van der Waals surface area contributed by atoms with Crippen molar-refractivity contribution in [2.45, 2.75) is 25.9 Å². The number of nitrogens with zero attached hydrogens (tertiary/aromatic N) is 1. The Labute approximate surface area is 136 Å². The normalized spacial score (nSPS) is 12.9. The van der Waals surface area contributed by atoms with Crippen molar-refractivity contribution in [3.8, 4) is 11.3 Å². The van der Waals surface area contributed by atoms with Gasteiger partial charge < -0.3 is 9.84 Å². The summed E-state index contributed by atoms with van der Waals surface area (Å²) >= 11 is 0. The summed E-state index contributed by atoms with van der Waals surface area (Å²) in [4.78, 5) is 15.6. The van der Waals surface area contributed by atoms with Gasteiger partial charge in [0, 0.05) is 37.3 Å². The van der Waals surface area contributed by atoms with Gasteiger partial charge in [0.05, 0.1) is 17.6 Å². The lowest BCUT2D eigenvalue weighted by atomic mass is 10.1. The Morgan fingerprint density at radius 3 is 2.61 bits per heavy atom. The van der Waals surface area contributed by atoms with Crippen LogP contribution in [0.3, 0.4) is 0 Å². The molecule has 0 amide bonds. The molecule has 120 valence electrons. The summed E-state index contributed by atoms with van der Waals surface area (Å²) in [7, 11) is 1.59. The standard InChI is InChI=1S/C19H21NO3/c1-14(21)11-17(22)13-18(23-2)12-16-9-6-10-19(20-16)15-7-4-3-5-8-15/h3-11,18,22H,12-13H2,1-2H3. The highest BCUT2D eigenvalue weighted by Gasteiger charge is 2.13. The molecule has 0 fully saturated rings. The molecule has 1 aromatic heterocycles. The zero-order valence-electron chi connectivity index (χ0n) is 13.4. The second-order valence-electron chi connectivity index (χ2n) is 5.39. The molecule has 1 unspecified atom stereocenters. The monoisotopic (exact) mass is 311 g/mol. The van der Waals surface area contributed by atoms with E-state index in [4.69, 9.17) is 4.74 Å². The minimum Gasteiger partial charge on any atom is -0.512 e. The number of carbonyl (C=O) groups excluding carboxylic acids is 1. The highest BCUT2D eigenvalue weighted by atomic mass is 16.5. The van der Waals surface area contributed by atoms with Crippen LogP contribution in [0.5, 0.6) is 0 Å². The molecule has 23 heavy (non-hydrogen) atoms. The summed E-state index contributed by atoms with van der Waals surface area (Å²) in [5.74, 6) is -0.148. The minimum absolute atomic E-state index is 0.0311. The van der Waals surface area contributed by atoms with E-state index in [1.54, 1.807) is 7.11 Å². The van der Waals surface area contributed by atoms with Gasteiger partial charge in [-0.25, -0.2) is 0 Å². The molecule has 0 radical (unpaired) electrons. The second kappa shape index (κ2) is 8.25. The Bertz CT molecular complexity index is 680. The third-order valence-electron chi connectivity index (χ3n) is 3.45. The van der Waals surface area contributed by atoms with Crippen molar-refractivity contribution in [1.29, 1.82) is 0 Å². The first-order chi connectivity index (χ1) is 11.1. The van der Waals surface area contributed by atoms with Crippen molar-refractivity contribution in [3.05, 3.63) is 66.1 Å². The zero-order chi connectivity index (χ0) is 16.7. The molecule has 2 rings (SSSR count). The van der Waals surface area contributed by atoms with Crippen molar-refractivity contribution >= 4 is 5.78 Å². The van der Waals surface area contributed by atoms with Crippen molar-refractivity contribution in [2.75, 3.05) is 7.11 Å². The van der Waals surface area contributed by atoms with E-state index in [9.17, 15) is 9.90 Å². The van der Waals surface area contributed by atoms with Gasteiger partial charge in [-0.3, -0.25) is 9.78 Å². The third kappa shape index (κ3) is 5.34. The van der Waals surface area contributed by atoms with E-state index in [0.717, 1.165) is 17.0 Å². The van der Waals surface area contributed by atoms with Gasteiger partial charge in [0.15, 0.2) is 5.78 Å². The molecule has 0 spiro atoms.